The Labute approximate surface area is 186 Å². The van der Waals surface area contributed by atoms with E-state index in [2.05, 4.69) is 65.3 Å². The Kier molecular flexibility index (Phi) is 17.6. The van der Waals surface area contributed by atoms with Crippen LogP contribution in [0.4, 0.5) is 0 Å². The maximum absolute atomic E-state index is 3.60. The summed E-state index contributed by atoms with van der Waals surface area (Å²) in [7, 11) is -1.27. The molecule has 0 aromatic carbocycles. The third-order valence-corrected chi connectivity index (χ3v) is 8.53. The molecule has 0 heterocycles. The number of rotatable bonds is 16. The van der Waals surface area contributed by atoms with Gasteiger partial charge in [0.05, 0.1) is 8.07 Å². The number of unbranched alkanes of at least 4 members (excludes halogenated alkanes) is 10. The quantitative estimate of drug-likeness (QED) is 0.102. The van der Waals surface area contributed by atoms with Crippen molar-refractivity contribution in [3.63, 3.8) is 0 Å². The average Bonchev–Trinajstić information content (AvgIpc) is 2.68. The summed E-state index contributed by atoms with van der Waals surface area (Å²) in [5.41, 5.74) is 3.02. The molecule has 0 aromatic heterocycles. The molecule has 0 nitrogen and oxygen atoms in total. The van der Waals surface area contributed by atoms with Crippen LogP contribution in [0, 0.1) is 11.8 Å². The van der Waals surface area contributed by atoms with Crippen LogP contribution in [0.25, 0.3) is 0 Å². The Morgan fingerprint density at radius 1 is 0.690 bits per heavy atom. The van der Waals surface area contributed by atoms with Gasteiger partial charge in [-0.3, -0.25) is 0 Å². The maximum Gasteiger partial charge on any atom is 0.0724 e. The topological polar surface area (TPSA) is 0 Å². The van der Waals surface area contributed by atoms with Crippen molar-refractivity contribution in [3.05, 3.63) is 22.4 Å². The minimum absolute atomic E-state index is 1.06. The van der Waals surface area contributed by atoms with E-state index in [1.807, 2.05) is 0 Å². The van der Waals surface area contributed by atoms with Crippen LogP contribution in [-0.2, 0) is 0 Å². The first-order valence-electron chi connectivity index (χ1n) is 12.8. The maximum atomic E-state index is 3.60. The van der Waals surface area contributed by atoms with Gasteiger partial charge in [0.25, 0.3) is 0 Å². The molecule has 0 aliphatic rings. The van der Waals surface area contributed by atoms with E-state index in [1.54, 1.807) is 10.8 Å². The molecular formula is C28H52Si. The van der Waals surface area contributed by atoms with Gasteiger partial charge in [-0.2, -0.15) is 0 Å². The Morgan fingerprint density at radius 3 is 1.72 bits per heavy atom. The van der Waals surface area contributed by atoms with Gasteiger partial charge in [0, 0.05) is 12.0 Å². The van der Waals surface area contributed by atoms with E-state index in [-0.39, 0.29) is 0 Å². The average molecular weight is 417 g/mol. The highest BCUT2D eigenvalue weighted by Crippen LogP contribution is 2.25. The van der Waals surface area contributed by atoms with Gasteiger partial charge >= 0.3 is 0 Å². The van der Waals surface area contributed by atoms with Crippen molar-refractivity contribution in [1.29, 1.82) is 0 Å². The normalized spacial score (nSPS) is 13.1. The first-order valence-corrected chi connectivity index (χ1v) is 16.3. The van der Waals surface area contributed by atoms with Crippen molar-refractivity contribution in [3.8, 4) is 11.8 Å². The van der Waals surface area contributed by atoms with Gasteiger partial charge in [0.15, 0.2) is 0 Å². The van der Waals surface area contributed by atoms with E-state index in [0.717, 1.165) is 6.42 Å². The zero-order valence-electron chi connectivity index (χ0n) is 21.2. The molecule has 0 spiro atoms. The minimum atomic E-state index is -1.27. The molecule has 0 saturated heterocycles. The smallest absolute Gasteiger partial charge is 0.0724 e. The largest absolute Gasteiger partial charge is 0.0982 e. The molecule has 0 rings (SSSR count). The van der Waals surface area contributed by atoms with Gasteiger partial charge in [-0.25, -0.2) is 0 Å². The monoisotopic (exact) mass is 416 g/mol. The lowest BCUT2D eigenvalue weighted by Gasteiger charge is -2.21. The van der Waals surface area contributed by atoms with Crippen LogP contribution in [-0.4, -0.2) is 8.07 Å². The Balaban J connectivity index is 5.36. The van der Waals surface area contributed by atoms with Crippen LogP contribution in [0.2, 0.25) is 19.6 Å². The first-order chi connectivity index (χ1) is 13.9. The summed E-state index contributed by atoms with van der Waals surface area (Å²) in [5, 5.41) is 1.69. The van der Waals surface area contributed by atoms with Gasteiger partial charge < -0.3 is 0 Å². The second-order valence-electron chi connectivity index (χ2n) is 9.80. The zero-order valence-corrected chi connectivity index (χ0v) is 22.2. The molecule has 0 amide bonds. The highest BCUT2D eigenvalue weighted by molar-refractivity contribution is 6.83. The van der Waals surface area contributed by atoms with E-state index in [0.29, 0.717) is 0 Å². The number of hydrogen-bond acceptors (Lipinski definition) is 0. The molecule has 0 saturated carbocycles. The summed E-state index contributed by atoms with van der Waals surface area (Å²) < 4.78 is 0. The highest BCUT2D eigenvalue weighted by Gasteiger charge is 2.18. The summed E-state index contributed by atoms with van der Waals surface area (Å²) in [6.07, 6.45) is 21.9. The minimum Gasteiger partial charge on any atom is -0.0982 e. The van der Waals surface area contributed by atoms with Gasteiger partial charge in [-0.05, 0) is 45.1 Å². The van der Waals surface area contributed by atoms with Gasteiger partial charge in [-0.15, -0.1) is 0 Å². The van der Waals surface area contributed by atoms with Crippen LogP contribution in [0.1, 0.15) is 124 Å². The van der Waals surface area contributed by atoms with Crippen LogP contribution in [0.15, 0.2) is 22.4 Å². The van der Waals surface area contributed by atoms with E-state index >= 15 is 0 Å². The lowest BCUT2D eigenvalue weighted by Crippen LogP contribution is -2.23. The van der Waals surface area contributed by atoms with E-state index in [4.69, 9.17) is 0 Å². The second kappa shape index (κ2) is 18.1. The molecule has 0 atom stereocenters. The predicted molar refractivity (Wildman–Crippen MR) is 138 cm³/mol. The summed E-state index contributed by atoms with van der Waals surface area (Å²) in [6.45, 7) is 16.7. The second-order valence-corrected chi connectivity index (χ2v) is 15.1. The Morgan fingerprint density at radius 2 is 1.21 bits per heavy atom. The third kappa shape index (κ3) is 15.7. The van der Waals surface area contributed by atoms with E-state index in [1.165, 1.54) is 95.5 Å². The molecule has 0 N–H and O–H groups in total. The number of hydrogen-bond donors (Lipinski definition) is 0. The molecule has 0 bridgehead atoms. The van der Waals surface area contributed by atoms with Crippen LogP contribution in [0.5, 0.6) is 0 Å². The molecule has 0 aliphatic carbocycles. The van der Waals surface area contributed by atoms with Crippen molar-refractivity contribution >= 4 is 8.07 Å². The van der Waals surface area contributed by atoms with Crippen LogP contribution >= 0.6 is 0 Å². The SMILES string of the molecule is CCCCCCC#C/C(=C\C(CCCCCC)=C(/C)[Si](C)(C)C)CCCCCC. The summed E-state index contributed by atoms with van der Waals surface area (Å²) >= 11 is 0. The van der Waals surface area contributed by atoms with E-state index in [9.17, 15) is 0 Å². The van der Waals surface area contributed by atoms with Gasteiger partial charge in [-0.1, -0.05) is 121 Å². The van der Waals surface area contributed by atoms with Crippen molar-refractivity contribution in [2.75, 3.05) is 0 Å². The molecule has 29 heavy (non-hydrogen) atoms. The lowest BCUT2D eigenvalue weighted by atomic mass is 10.00. The summed E-state index contributed by atoms with van der Waals surface area (Å²) in [4.78, 5) is 0. The van der Waals surface area contributed by atoms with Gasteiger partial charge in [0.2, 0.25) is 0 Å². The Bertz CT molecular complexity index is 519. The molecule has 0 radical (unpaired) electrons. The molecule has 0 aromatic rings. The molecule has 1 heteroatoms. The predicted octanol–water partition coefficient (Wildman–Crippen LogP) is 10.0. The standard InChI is InChI=1S/C28H52Si/c1-8-11-14-17-18-20-23-27(22-19-15-12-9-2)25-28(24-21-16-13-10-3)26(4)29(5,6)7/h25H,8-19,21-22,24H2,1-7H3/b27-25-,28-26+. The van der Waals surface area contributed by atoms with Crippen molar-refractivity contribution in [2.45, 2.75) is 144 Å². The fourth-order valence-electron chi connectivity index (χ4n) is 3.53. The number of allylic oxidation sites excluding steroid dienone is 4. The first kappa shape index (κ1) is 28.3. The summed E-state index contributed by atoms with van der Waals surface area (Å²) in [6, 6.07) is 0. The summed E-state index contributed by atoms with van der Waals surface area (Å²) in [5.74, 6) is 7.12. The highest BCUT2D eigenvalue weighted by atomic mass is 28.3. The fraction of sp³-hybridized carbons (Fsp3) is 0.786. The third-order valence-electron chi connectivity index (χ3n) is 5.96. The van der Waals surface area contributed by atoms with Crippen LogP contribution < -0.4 is 0 Å². The van der Waals surface area contributed by atoms with Crippen molar-refractivity contribution < 1.29 is 0 Å². The van der Waals surface area contributed by atoms with Crippen molar-refractivity contribution in [2.24, 2.45) is 0 Å². The molecule has 0 fully saturated rings. The van der Waals surface area contributed by atoms with Gasteiger partial charge in [0.1, 0.15) is 0 Å². The van der Waals surface area contributed by atoms with Crippen LogP contribution in [0.3, 0.4) is 0 Å². The zero-order chi connectivity index (χ0) is 22.0. The molecular weight excluding hydrogens is 364 g/mol. The lowest BCUT2D eigenvalue weighted by molar-refractivity contribution is 0.663. The van der Waals surface area contributed by atoms with Crippen molar-refractivity contribution in [1.82, 2.24) is 0 Å². The fourth-order valence-corrected chi connectivity index (χ4v) is 4.69. The van der Waals surface area contributed by atoms with E-state index < -0.39 is 8.07 Å². The Hall–Kier alpha value is -0.743. The molecule has 168 valence electrons. The molecule has 0 unspecified atom stereocenters. The molecule has 0 aliphatic heterocycles.